The third kappa shape index (κ3) is 2.60. The Morgan fingerprint density at radius 1 is 1.35 bits per heavy atom. The maximum atomic E-state index is 11.9. The molecule has 1 N–H and O–H groups in total. The highest BCUT2D eigenvalue weighted by Crippen LogP contribution is 2.35. The summed E-state index contributed by atoms with van der Waals surface area (Å²) in [5.41, 5.74) is 2.10. The highest BCUT2D eigenvalue weighted by molar-refractivity contribution is 7.13. The van der Waals surface area contributed by atoms with Gasteiger partial charge in [-0.15, -0.1) is 11.3 Å². The van der Waals surface area contributed by atoms with Crippen molar-refractivity contribution in [3.05, 3.63) is 51.4 Å². The number of nitrogens with one attached hydrogen (secondary N) is 1. The number of ether oxygens (including phenoxy) is 1. The molecule has 0 spiro atoms. The fraction of sp³-hybridized carbons (Fsp3) is 0.125. The molecular weight excluding hydrogens is 312 g/mol. The van der Waals surface area contributed by atoms with Crippen LogP contribution in [0.3, 0.4) is 0 Å². The first-order valence-corrected chi connectivity index (χ1v) is 7.62. The fourth-order valence-electron chi connectivity index (χ4n) is 2.30. The van der Waals surface area contributed by atoms with E-state index in [9.17, 15) is 10.1 Å². The molecule has 0 unspecified atom stereocenters. The van der Waals surface area contributed by atoms with Gasteiger partial charge in [0.15, 0.2) is 11.3 Å². The van der Waals surface area contributed by atoms with Gasteiger partial charge in [-0.3, -0.25) is 9.78 Å². The minimum atomic E-state index is -0.467. The lowest BCUT2D eigenvalue weighted by molar-refractivity contribution is 0.413. The number of thiazole rings is 1. The van der Waals surface area contributed by atoms with Gasteiger partial charge in [0.05, 0.1) is 24.1 Å². The zero-order chi connectivity index (χ0) is 16.4. The standard InChI is InChI=1S/C16H12N4O2S/c1-9-13(14(22-2)10(7-17)15(21)19-9)12-8-23-16(20-12)11-5-3-4-6-18-11/h3-6,8H,1-2H3,(H,19,21). The second kappa shape index (κ2) is 6.02. The van der Waals surface area contributed by atoms with Crippen molar-refractivity contribution in [1.29, 1.82) is 5.26 Å². The summed E-state index contributed by atoms with van der Waals surface area (Å²) in [6.45, 7) is 1.75. The predicted octanol–water partition coefficient (Wildman–Crippen LogP) is 2.75. The van der Waals surface area contributed by atoms with E-state index in [0.29, 0.717) is 17.0 Å². The Balaban J connectivity index is 2.19. The monoisotopic (exact) mass is 324 g/mol. The largest absolute Gasteiger partial charge is 0.494 e. The maximum Gasteiger partial charge on any atom is 0.269 e. The van der Waals surface area contributed by atoms with Crippen LogP contribution in [0.4, 0.5) is 0 Å². The van der Waals surface area contributed by atoms with Gasteiger partial charge in [0.25, 0.3) is 5.56 Å². The van der Waals surface area contributed by atoms with E-state index >= 15 is 0 Å². The molecule has 6 nitrogen and oxygen atoms in total. The van der Waals surface area contributed by atoms with Crippen molar-refractivity contribution < 1.29 is 4.74 Å². The Kier molecular flexibility index (Phi) is 3.91. The van der Waals surface area contributed by atoms with Crippen LogP contribution in [0.5, 0.6) is 5.75 Å². The van der Waals surface area contributed by atoms with E-state index in [0.717, 1.165) is 10.7 Å². The van der Waals surface area contributed by atoms with Gasteiger partial charge in [-0.25, -0.2) is 4.98 Å². The van der Waals surface area contributed by atoms with E-state index < -0.39 is 5.56 Å². The van der Waals surface area contributed by atoms with Crippen molar-refractivity contribution in [2.24, 2.45) is 0 Å². The summed E-state index contributed by atoms with van der Waals surface area (Å²) in [6, 6.07) is 7.49. The van der Waals surface area contributed by atoms with E-state index in [2.05, 4.69) is 15.0 Å². The minimum absolute atomic E-state index is 0.0551. The summed E-state index contributed by atoms with van der Waals surface area (Å²) < 4.78 is 5.30. The van der Waals surface area contributed by atoms with Crippen LogP contribution in [0.1, 0.15) is 11.3 Å². The summed E-state index contributed by atoms with van der Waals surface area (Å²) in [6.07, 6.45) is 1.70. The minimum Gasteiger partial charge on any atom is -0.494 e. The average Bonchev–Trinajstić information content (AvgIpc) is 3.04. The molecule has 114 valence electrons. The summed E-state index contributed by atoms with van der Waals surface area (Å²) in [4.78, 5) is 23.4. The number of H-pyrrole nitrogens is 1. The van der Waals surface area contributed by atoms with Crippen molar-refractivity contribution in [2.45, 2.75) is 6.92 Å². The van der Waals surface area contributed by atoms with Gasteiger partial charge in [-0.1, -0.05) is 6.07 Å². The van der Waals surface area contributed by atoms with E-state index in [4.69, 9.17) is 4.74 Å². The number of aromatic amines is 1. The van der Waals surface area contributed by atoms with Gasteiger partial charge in [-0.05, 0) is 19.1 Å². The summed E-state index contributed by atoms with van der Waals surface area (Å²) in [5.74, 6) is 0.242. The van der Waals surface area contributed by atoms with Crippen LogP contribution in [-0.4, -0.2) is 22.1 Å². The maximum absolute atomic E-state index is 11.9. The van der Waals surface area contributed by atoms with Crippen LogP contribution in [-0.2, 0) is 0 Å². The topological polar surface area (TPSA) is 91.7 Å². The Morgan fingerprint density at radius 2 is 2.17 bits per heavy atom. The average molecular weight is 324 g/mol. The number of nitrogens with zero attached hydrogens (tertiary/aromatic N) is 3. The smallest absolute Gasteiger partial charge is 0.269 e. The molecule has 0 saturated carbocycles. The number of methoxy groups -OCH3 is 1. The molecule has 23 heavy (non-hydrogen) atoms. The molecule has 3 heterocycles. The van der Waals surface area contributed by atoms with Crippen LogP contribution < -0.4 is 10.3 Å². The SMILES string of the molecule is COc1c(-c2csc(-c3ccccn3)n2)c(C)[nH]c(=O)c1C#N. The zero-order valence-corrected chi connectivity index (χ0v) is 13.3. The molecule has 0 radical (unpaired) electrons. The second-order valence-corrected chi connectivity index (χ2v) is 5.59. The Hall–Kier alpha value is -2.98. The summed E-state index contributed by atoms with van der Waals surface area (Å²) in [5, 5.41) is 11.8. The fourth-order valence-corrected chi connectivity index (χ4v) is 3.09. The number of aromatic nitrogens is 3. The molecule has 0 aliphatic rings. The molecule has 0 atom stereocenters. The number of hydrogen-bond acceptors (Lipinski definition) is 6. The lowest BCUT2D eigenvalue weighted by Crippen LogP contribution is -2.14. The van der Waals surface area contributed by atoms with Gasteiger partial charge in [-0.2, -0.15) is 5.26 Å². The molecule has 0 amide bonds. The number of hydrogen-bond donors (Lipinski definition) is 1. The lowest BCUT2D eigenvalue weighted by Gasteiger charge is -2.10. The number of nitriles is 1. The van der Waals surface area contributed by atoms with Crippen molar-refractivity contribution >= 4 is 11.3 Å². The number of pyridine rings is 2. The predicted molar refractivity (Wildman–Crippen MR) is 87.4 cm³/mol. The van der Waals surface area contributed by atoms with Gasteiger partial charge < -0.3 is 9.72 Å². The quantitative estimate of drug-likeness (QED) is 0.800. The van der Waals surface area contributed by atoms with Crippen LogP contribution in [0.2, 0.25) is 0 Å². The van der Waals surface area contributed by atoms with Crippen LogP contribution in [0, 0.1) is 18.3 Å². The lowest BCUT2D eigenvalue weighted by atomic mass is 10.1. The highest BCUT2D eigenvalue weighted by Gasteiger charge is 2.20. The molecule has 3 aromatic heterocycles. The Bertz CT molecular complexity index is 954. The molecule has 3 aromatic rings. The Morgan fingerprint density at radius 3 is 2.83 bits per heavy atom. The first kappa shape index (κ1) is 14.9. The van der Waals surface area contributed by atoms with Crippen molar-refractivity contribution in [2.75, 3.05) is 7.11 Å². The highest BCUT2D eigenvalue weighted by atomic mass is 32.1. The van der Waals surface area contributed by atoms with E-state index in [1.165, 1.54) is 18.4 Å². The van der Waals surface area contributed by atoms with Gasteiger partial charge in [0, 0.05) is 17.3 Å². The molecular formula is C16H12N4O2S. The Labute approximate surface area is 136 Å². The molecule has 0 saturated heterocycles. The molecule has 0 aliphatic heterocycles. The van der Waals surface area contributed by atoms with E-state index in [1.54, 1.807) is 13.1 Å². The van der Waals surface area contributed by atoms with E-state index in [-0.39, 0.29) is 11.3 Å². The first-order chi connectivity index (χ1) is 11.2. The summed E-state index contributed by atoms with van der Waals surface area (Å²) in [7, 11) is 1.44. The van der Waals surface area contributed by atoms with Crippen molar-refractivity contribution in [3.8, 4) is 33.8 Å². The van der Waals surface area contributed by atoms with Crippen LogP contribution in [0.25, 0.3) is 22.0 Å². The molecule has 7 heteroatoms. The number of aryl methyl sites for hydroxylation is 1. The molecule has 0 aromatic carbocycles. The van der Waals surface area contributed by atoms with Gasteiger partial charge in [0.1, 0.15) is 11.1 Å². The number of rotatable bonds is 3. The van der Waals surface area contributed by atoms with E-state index in [1.807, 2.05) is 29.6 Å². The zero-order valence-electron chi connectivity index (χ0n) is 12.5. The third-order valence-corrected chi connectivity index (χ3v) is 4.18. The van der Waals surface area contributed by atoms with Gasteiger partial charge in [0.2, 0.25) is 0 Å². The molecule has 3 rings (SSSR count). The van der Waals surface area contributed by atoms with Crippen molar-refractivity contribution in [1.82, 2.24) is 15.0 Å². The molecule has 0 aliphatic carbocycles. The van der Waals surface area contributed by atoms with Crippen molar-refractivity contribution in [3.63, 3.8) is 0 Å². The summed E-state index contributed by atoms with van der Waals surface area (Å²) >= 11 is 1.44. The normalized spacial score (nSPS) is 10.3. The van der Waals surface area contributed by atoms with Gasteiger partial charge >= 0.3 is 0 Å². The molecule has 0 bridgehead atoms. The van der Waals surface area contributed by atoms with Crippen LogP contribution in [0.15, 0.2) is 34.6 Å². The van der Waals surface area contributed by atoms with Crippen LogP contribution >= 0.6 is 11.3 Å². The molecule has 0 fully saturated rings. The third-order valence-electron chi connectivity index (χ3n) is 3.32. The first-order valence-electron chi connectivity index (χ1n) is 6.74. The second-order valence-electron chi connectivity index (χ2n) is 4.73.